The van der Waals surface area contributed by atoms with Gasteiger partial charge in [0.15, 0.2) is 0 Å². The Morgan fingerprint density at radius 2 is 1.50 bits per heavy atom. The first-order valence-corrected chi connectivity index (χ1v) is 20.2. The average molecular weight is 830 g/mol. The van der Waals surface area contributed by atoms with Gasteiger partial charge in [0, 0.05) is 44.1 Å². The standard InChI is InChI=1S/C36H54F3N7O8.2C2H6/c1-22(2)30(45-28(36(37,38)39)12-6-5-7-19-46-29(48)20-23(3)33(46)51)32(50)44-27(11-9-17-41-34(40)52)31(49)43-26-15-13-25(14-16-26)21-54-35(53)42-18-8-10-24(4)47;2*1-2/h13-16,22-23,27-28,30,45H,5-12,17-21H2,1-4H3,(H,42,53)(H,43,49)(H,44,50)(H3,40,41,52);2*1-2H3. The number of nitrogens with one attached hydrogen (secondary N) is 5. The predicted molar refractivity (Wildman–Crippen MR) is 215 cm³/mol. The average Bonchev–Trinajstić information content (AvgIpc) is 3.41. The van der Waals surface area contributed by atoms with E-state index in [9.17, 15) is 46.7 Å². The molecule has 4 unspecified atom stereocenters. The Kier molecular flexibility index (Phi) is 26.3. The molecule has 0 saturated carbocycles. The van der Waals surface area contributed by atoms with Gasteiger partial charge in [0.25, 0.3) is 0 Å². The van der Waals surface area contributed by atoms with Crippen LogP contribution in [0, 0.1) is 11.8 Å². The Morgan fingerprint density at radius 1 is 0.879 bits per heavy atom. The molecular formula is C40H66F3N7O8. The number of unbranched alkanes of at least 4 members (excludes halogenated alkanes) is 2. The summed E-state index contributed by atoms with van der Waals surface area (Å²) in [6.07, 6.45) is -3.74. The first kappa shape index (κ1) is 53.3. The Bertz CT molecular complexity index is 1440. The van der Waals surface area contributed by atoms with Gasteiger partial charge >= 0.3 is 18.3 Å². The lowest BCUT2D eigenvalue weighted by molar-refractivity contribution is -0.161. The molecule has 1 fully saturated rings. The summed E-state index contributed by atoms with van der Waals surface area (Å²) in [4.78, 5) is 86.2. The SMILES string of the molecule is CC.CC.CC(=O)CCCNC(=O)OCc1ccc(NC(=O)C(CCCNC(N)=O)NC(=O)C(NC(CCCCCN2C(=O)CC(C)C2=O)C(F)(F)F)C(C)C)cc1. The molecule has 15 nitrogen and oxygen atoms in total. The molecule has 18 heteroatoms. The number of amides is 7. The number of hydrogen-bond donors (Lipinski definition) is 6. The van der Waals surface area contributed by atoms with Crippen molar-refractivity contribution in [3.05, 3.63) is 29.8 Å². The zero-order chi connectivity index (χ0) is 44.4. The van der Waals surface area contributed by atoms with Crippen molar-refractivity contribution < 1.29 is 51.5 Å². The zero-order valence-corrected chi connectivity index (χ0v) is 35.3. The lowest BCUT2D eigenvalue weighted by Gasteiger charge is -2.30. The summed E-state index contributed by atoms with van der Waals surface area (Å²) in [7, 11) is 0. The molecule has 7 amide bonds. The smallest absolute Gasteiger partial charge is 0.407 e. The number of urea groups is 1. The maximum atomic E-state index is 14.2. The van der Waals surface area contributed by atoms with E-state index in [0.717, 1.165) is 4.90 Å². The van der Waals surface area contributed by atoms with Crippen LogP contribution in [0.5, 0.6) is 0 Å². The highest BCUT2D eigenvalue weighted by Gasteiger charge is 2.42. The molecule has 0 spiro atoms. The third-order valence-electron chi connectivity index (χ3n) is 8.74. The fraction of sp³-hybridized carbons (Fsp3) is 0.675. The summed E-state index contributed by atoms with van der Waals surface area (Å²) >= 11 is 0. The largest absolute Gasteiger partial charge is 0.445 e. The van der Waals surface area contributed by atoms with Gasteiger partial charge in [0.05, 0.1) is 6.04 Å². The number of likely N-dealkylation sites (tertiary alicyclic amines) is 1. The molecule has 1 saturated heterocycles. The van der Waals surface area contributed by atoms with Crippen molar-refractivity contribution in [3.63, 3.8) is 0 Å². The first-order chi connectivity index (χ1) is 27.4. The number of anilines is 1. The van der Waals surface area contributed by atoms with Crippen LogP contribution in [0.1, 0.15) is 119 Å². The molecule has 4 atom stereocenters. The van der Waals surface area contributed by atoms with E-state index in [1.807, 2.05) is 27.7 Å². The van der Waals surface area contributed by atoms with E-state index in [1.165, 1.54) is 6.92 Å². The van der Waals surface area contributed by atoms with Gasteiger partial charge in [0.2, 0.25) is 23.6 Å². The Balaban J connectivity index is 0.00000786. The van der Waals surface area contributed by atoms with Gasteiger partial charge in [-0.3, -0.25) is 29.4 Å². The highest BCUT2D eigenvalue weighted by Crippen LogP contribution is 2.26. The van der Waals surface area contributed by atoms with Crippen molar-refractivity contribution in [2.24, 2.45) is 17.6 Å². The second kappa shape index (κ2) is 28.6. The quantitative estimate of drug-likeness (QED) is 0.0588. The number of primary amides is 1. The summed E-state index contributed by atoms with van der Waals surface area (Å²) in [5, 5.41) is 12.6. The molecule has 0 aliphatic carbocycles. The van der Waals surface area contributed by atoms with Crippen molar-refractivity contribution in [1.82, 2.24) is 26.2 Å². The highest BCUT2D eigenvalue weighted by atomic mass is 19.4. The normalized spacial score (nSPS) is 15.2. The number of imide groups is 1. The van der Waals surface area contributed by atoms with Crippen molar-refractivity contribution in [3.8, 4) is 0 Å². The molecular weight excluding hydrogens is 763 g/mol. The predicted octanol–water partition coefficient (Wildman–Crippen LogP) is 5.71. The van der Waals surface area contributed by atoms with Gasteiger partial charge < -0.3 is 36.5 Å². The Hall–Kier alpha value is -4.74. The molecule has 58 heavy (non-hydrogen) atoms. The van der Waals surface area contributed by atoms with Gasteiger partial charge in [-0.1, -0.05) is 73.4 Å². The Morgan fingerprint density at radius 3 is 2.03 bits per heavy atom. The van der Waals surface area contributed by atoms with Crippen molar-refractivity contribution in [1.29, 1.82) is 0 Å². The molecule has 0 radical (unpaired) electrons. The topological polar surface area (TPSA) is 218 Å². The number of alkyl carbamates (subject to hydrolysis) is 1. The molecule has 1 aromatic rings. The third kappa shape index (κ3) is 21.1. The number of alkyl halides is 3. The van der Waals surface area contributed by atoms with Gasteiger partial charge in [-0.2, -0.15) is 13.2 Å². The van der Waals surface area contributed by atoms with Crippen LogP contribution in [-0.2, 0) is 35.3 Å². The fourth-order valence-corrected chi connectivity index (χ4v) is 5.70. The van der Waals surface area contributed by atoms with Crippen LogP contribution in [0.15, 0.2) is 24.3 Å². The maximum absolute atomic E-state index is 14.2. The van der Waals surface area contributed by atoms with Gasteiger partial charge in [-0.05, 0) is 62.6 Å². The molecule has 0 bridgehead atoms. The van der Waals surface area contributed by atoms with Crippen molar-refractivity contribution in [2.45, 2.75) is 144 Å². The Labute approximate surface area is 340 Å². The molecule has 1 aliphatic rings. The number of Topliss-reactive ketones (excluding diaryl/α,β-unsaturated/α-hetero) is 1. The first-order valence-electron chi connectivity index (χ1n) is 20.2. The number of carbonyl (C=O) groups excluding carboxylic acids is 7. The van der Waals surface area contributed by atoms with E-state index in [0.29, 0.717) is 36.9 Å². The molecule has 7 N–H and O–H groups in total. The fourth-order valence-electron chi connectivity index (χ4n) is 5.70. The molecule has 0 aromatic heterocycles. The lowest BCUT2D eigenvalue weighted by atomic mass is 9.99. The van der Waals surface area contributed by atoms with Gasteiger partial charge in [-0.25, -0.2) is 9.59 Å². The van der Waals surface area contributed by atoms with Gasteiger partial charge in [0.1, 0.15) is 24.5 Å². The lowest BCUT2D eigenvalue weighted by Crippen LogP contribution is -2.58. The number of benzene rings is 1. The number of carbonyl (C=O) groups is 7. The number of ether oxygens (including phenoxy) is 1. The van der Waals surface area contributed by atoms with Crippen LogP contribution < -0.4 is 32.3 Å². The van der Waals surface area contributed by atoms with Crippen LogP contribution in [0.4, 0.5) is 28.4 Å². The van der Waals surface area contributed by atoms with E-state index in [4.69, 9.17) is 10.5 Å². The van der Waals surface area contributed by atoms with Crippen molar-refractivity contribution in [2.75, 3.05) is 25.0 Å². The summed E-state index contributed by atoms with van der Waals surface area (Å²) in [5.41, 5.74) is 6.05. The minimum Gasteiger partial charge on any atom is -0.445 e. The minimum atomic E-state index is -4.70. The number of ketones is 1. The molecule has 1 aromatic carbocycles. The van der Waals surface area contributed by atoms with E-state index in [2.05, 4.69) is 26.6 Å². The highest BCUT2D eigenvalue weighted by molar-refractivity contribution is 6.03. The van der Waals surface area contributed by atoms with E-state index in [1.54, 1.807) is 45.0 Å². The number of nitrogens with two attached hydrogens (primary N) is 1. The number of halogens is 3. The number of nitrogens with zero attached hydrogens (tertiary/aromatic N) is 1. The second-order valence-electron chi connectivity index (χ2n) is 13.8. The summed E-state index contributed by atoms with van der Waals surface area (Å²) in [5.74, 6) is -3.04. The van der Waals surface area contributed by atoms with Crippen LogP contribution in [0.2, 0.25) is 0 Å². The van der Waals surface area contributed by atoms with Crippen LogP contribution in [0.25, 0.3) is 0 Å². The molecule has 1 aliphatic heterocycles. The van der Waals surface area contributed by atoms with Crippen LogP contribution in [-0.4, -0.2) is 90.4 Å². The summed E-state index contributed by atoms with van der Waals surface area (Å²) < 4.78 is 47.7. The summed E-state index contributed by atoms with van der Waals surface area (Å²) in [6, 6.07) is 0.930. The second-order valence-corrected chi connectivity index (χ2v) is 13.8. The van der Waals surface area contributed by atoms with Crippen LogP contribution in [0.3, 0.4) is 0 Å². The number of hydrogen-bond acceptors (Lipinski definition) is 9. The van der Waals surface area contributed by atoms with E-state index in [-0.39, 0.29) is 75.9 Å². The van der Waals surface area contributed by atoms with Gasteiger partial charge in [-0.15, -0.1) is 0 Å². The minimum absolute atomic E-state index is 0.0135. The zero-order valence-electron chi connectivity index (χ0n) is 35.3. The maximum Gasteiger partial charge on any atom is 0.407 e. The summed E-state index contributed by atoms with van der Waals surface area (Å²) in [6.45, 7) is 14.7. The number of rotatable bonds is 23. The van der Waals surface area contributed by atoms with E-state index < -0.39 is 60.1 Å². The third-order valence-corrected chi connectivity index (χ3v) is 8.74. The molecule has 1 heterocycles. The van der Waals surface area contributed by atoms with Crippen molar-refractivity contribution >= 4 is 47.2 Å². The molecule has 330 valence electrons. The molecule has 2 rings (SSSR count). The van der Waals surface area contributed by atoms with E-state index >= 15 is 0 Å². The monoisotopic (exact) mass is 829 g/mol. The van der Waals surface area contributed by atoms with Crippen LogP contribution >= 0.6 is 0 Å².